The maximum absolute atomic E-state index is 14.0. The fourth-order valence-corrected chi connectivity index (χ4v) is 5.77. The first-order chi connectivity index (χ1) is 19.7. The number of benzene rings is 2. The molecule has 2 aromatic rings. The molecule has 0 bridgehead atoms. The Hall–Kier alpha value is -3.43. The molecule has 2 aromatic carbocycles. The van der Waals surface area contributed by atoms with Crippen molar-refractivity contribution in [2.75, 3.05) is 33.8 Å². The topological polar surface area (TPSA) is 103 Å². The van der Waals surface area contributed by atoms with Crippen LogP contribution in [-0.2, 0) is 27.3 Å². The van der Waals surface area contributed by atoms with Gasteiger partial charge in [0.15, 0.2) is 0 Å². The van der Waals surface area contributed by atoms with Gasteiger partial charge >= 0.3 is 0 Å². The van der Waals surface area contributed by atoms with Crippen molar-refractivity contribution in [3.8, 4) is 5.75 Å². The van der Waals surface area contributed by atoms with Crippen LogP contribution in [0.25, 0.3) is 0 Å². The number of hydrogen-bond acceptors (Lipinski definition) is 6. The zero-order chi connectivity index (χ0) is 29.5. The van der Waals surface area contributed by atoms with Crippen LogP contribution in [0.2, 0.25) is 0 Å². The minimum absolute atomic E-state index is 0.0877. The molecule has 0 aromatic heterocycles. The number of amides is 3. The van der Waals surface area contributed by atoms with Gasteiger partial charge in [-0.1, -0.05) is 50.2 Å². The van der Waals surface area contributed by atoms with E-state index in [1.165, 1.54) is 5.56 Å². The molecule has 4 rings (SSSR count). The number of fused-ring (bicyclic) bond motifs is 1. The van der Waals surface area contributed by atoms with Crippen molar-refractivity contribution >= 4 is 17.7 Å². The van der Waals surface area contributed by atoms with E-state index >= 15 is 0 Å². The molecular formula is C32H45N5O4. The molecule has 4 atom stereocenters. The Morgan fingerprint density at radius 3 is 2.56 bits per heavy atom. The van der Waals surface area contributed by atoms with E-state index < -0.39 is 18.1 Å². The standard InChI is InChI=1S/C32H45N5O4/c1-21(2)29(35-30(38)22(3)33-4)32(40)37-17-16-36(19-23-10-8-13-25(18-23)41-5)20-28(37)31(39)34-27-15-9-12-24-11-6-7-14-26(24)27/h6-8,10-11,13-14,18,21-22,27-29,33H,9,12,15-17,19-20H2,1-5H3,(H,34,39)(H,35,38)/t22-,27?,28-,29-/m0/s1. The van der Waals surface area contributed by atoms with E-state index in [-0.39, 0.29) is 29.7 Å². The van der Waals surface area contributed by atoms with Crippen LogP contribution in [0, 0.1) is 5.92 Å². The molecule has 1 heterocycles. The monoisotopic (exact) mass is 563 g/mol. The first kappa shape index (κ1) is 30.5. The smallest absolute Gasteiger partial charge is 0.246 e. The molecule has 9 heteroatoms. The lowest BCUT2D eigenvalue weighted by Crippen LogP contribution is -2.64. The van der Waals surface area contributed by atoms with Gasteiger partial charge in [0, 0.05) is 26.2 Å². The van der Waals surface area contributed by atoms with Gasteiger partial charge in [0.2, 0.25) is 17.7 Å². The van der Waals surface area contributed by atoms with Crippen molar-refractivity contribution in [1.29, 1.82) is 0 Å². The van der Waals surface area contributed by atoms with Crippen molar-refractivity contribution in [2.24, 2.45) is 5.92 Å². The second-order valence-electron chi connectivity index (χ2n) is 11.5. The lowest BCUT2D eigenvalue weighted by Gasteiger charge is -2.43. The Morgan fingerprint density at radius 2 is 1.83 bits per heavy atom. The Bertz CT molecular complexity index is 1220. The van der Waals surface area contributed by atoms with E-state index in [1.54, 1.807) is 26.0 Å². The van der Waals surface area contributed by atoms with E-state index in [9.17, 15) is 14.4 Å². The molecule has 1 aliphatic heterocycles. The van der Waals surface area contributed by atoms with E-state index in [4.69, 9.17) is 4.74 Å². The van der Waals surface area contributed by atoms with E-state index in [1.807, 2.05) is 50.2 Å². The predicted molar refractivity (Wildman–Crippen MR) is 159 cm³/mol. The van der Waals surface area contributed by atoms with Gasteiger partial charge in [0.05, 0.1) is 19.2 Å². The molecule has 1 fully saturated rings. The van der Waals surface area contributed by atoms with Crippen molar-refractivity contribution in [3.05, 3.63) is 65.2 Å². The molecule has 0 radical (unpaired) electrons. The number of aryl methyl sites for hydroxylation is 1. The van der Waals surface area contributed by atoms with Crippen LogP contribution >= 0.6 is 0 Å². The Labute approximate surface area is 244 Å². The number of nitrogens with one attached hydrogen (secondary N) is 3. The molecule has 1 unspecified atom stereocenters. The average Bonchev–Trinajstić information content (AvgIpc) is 2.99. The number of piperazine rings is 1. The van der Waals surface area contributed by atoms with Crippen LogP contribution in [0.15, 0.2) is 48.5 Å². The fourth-order valence-electron chi connectivity index (χ4n) is 5.77. The molecule has 222 valence electrons. The molecule has 3 amide bonds. The zero-order valence-electron chi connectivity index (χ0n) is 25.0. The summed E-state index contributed by atoms with van der Waals surface area (Å²) in [4.78, 5) is 44.7. The SMILES string of the molecule is CN[C@@H](C)C(=O)N[C@H](C(=O)N1CCN(Cc2cccc(OC)c2)C[C@H]1C(=O)NC1CCCc2ccccc21)C(C)C. The first-order valence-corrected chi connectivity index (χ1v) is 14.7. The first-order valence-electron chi connectivity index (χ1n) is 14.7. The summed E-state index contributed by atoms with van der Waals surface area (Å²) in [5.74, 6) is 0.0258. The van der Waals surface area contributed by atoms with E-state index in [0.717, 1.165) is 36.1 Å². The fraction of sp³-hybridized carbons (Fsp3) is 0.531. The summed E-state index contributed by atoms with van der Waals surface area (Å²) in [5, 5.41) is 9.15. The van der Waals surface area contributed by atoms with Crippen LogP contribution in [0.4, 0.5) is 0 Å². The second-order valence-corrected chi connectivity index (χ2v) is 11.5. The molecular weight excluding hydrogens is 518 g/mol. The minimum Gasteiger partial charge on any atom is -0.497 e. The maximum Gasteiger partial charge on any atom is 0.246 e. The summed E-state index contributed by atoms with van der Waals surface area (Å²) in [7, 11) is 3.36. The van der Waals surface area contributed by atoms with Crippen molar-refractivity contribution < 1.29 is 19.1 Å². The summed E-state index contributed by atoms with van der Waals surface area (Å²) in [6.45, 7) is 7.63. The highest BCUT2D eigenvalue weighted by molar-refractivity contribution is 5.93. The van der Waals surface area contributed by atoms with Gasteiger partial charge in [-0.25, -0.2) is 0 Å². The Balaban J connectivity index is 1.57. The summed E-state index contributed by atoms with van der Waals surface area (Å²) in [6, 6.07) is 14.2. The number of carbonyl (C=O) groups is 3. The van der Waals surface area contributed by atoms with Gasteiger partial charge in [-0.2, -0.15) is 0 Å². The van der Waals surface area contributed by atoms with Crippen LogP contribution in [-0.4, -0.2) is 79.4 Å². The third-order valence-electron chi connectivity index (χ3n) is 8.33. The molecule has 41 heavy (non-hydrogen) atoms. The maximum atomic E-state index is 14.0. The Kier molecular flexibility index (Phi) is 10.4. The molecule has 9 nitrogen and oxygen atoms in total. The van der Waals surface area contributed by atoms with Crippen LogP contribution < -0.4 is 20.7 Å². The number of hydrogen-bond donors (Lipinski definition) is 3. The van der Waals surface area contributed by atoms with Crippen LogP contribution in [0.5, 0.6) is 5.75 Å². The predicted octanol–water partition coefficient (Wildman–Crippen LogP) is 2.65. The Morgan fingerprint density at radius 1 is 1.05 bits per heavy atom. The molecule has 1 saturated heterocycles. The normalized spacial score (nSPS) is 20.6. The highest BCUT2D eigenvalue weighted by Crippen LogP contribution is 2.30. The van der Waals surface area contributed by atoms with Crippen LogP contribution in [0.1, 0.15) is 56.3 Å². The highest BCUT2D eigenvalue weighted by atomic mass is 16.5. The number of likely N-dealkylation sites (N-methyl/N-ethyl adjacent to an activating group) is 1. The summed E-state index contributed by atoms with van der Waals surface area (Å²) >= 11 is 0. The van der Waals surface area contributed by atoms with Crippen molar-refractivity contribution in [3.63, 3.8) is 0 Å². The van der Waals surface area contributed by atoms with Gasteiger partial charge in [0.1, 0.15) is 17.8 Å². The number of nitrogens with zero attached hydrogens (tertiary/aromatic N) is 2. The van der Waals surface area contributed by atoms with Gasteiger partial charge in [0.25, 0.3) is 0 Å². The van der Waals surface area contributed by atoms with Gasteiger partial charge in [-0.3, -0.25) is 19.3 Å². The lowest BCUT2D eigenvalue weighted by molar-refractivity contribution is -0.148. The van der Waals surface area contributed by atoms with Crippen molar-refractivity contribution in [2.45, 2.75) is 70.7 Å². The van der Waals surface area contributed by atoms with E-state index in [2.05, 4.69) is 33.0 Å². The zero-order valence-corrected chi connectivity index (χ0v) is 25.0. The third-order valence-corrected chi connectivity index (χ3v) is 8.33. The van der Waals surface area contributed by atoms with Gasteiger partial charge in [-0.15, -0.1) is 0 Å². The van der Waals surface area contributed by atoms with Crippen LogP contribution in [0.3, 0.4) is 0 Å². The third kappa shape index (κ3) is 7.45. The molecule has 2 aliphatic rings. The lowest BCUT2D eigenvalue weighted by atomic mass is 9.87. The minimum atomic E-state index is -0.728. The van der Waals surface area contributed by atoms with E-state index in [0.29, 0.717) is 26.2 Å². The van der Waals surface area contributed by atoms with Crippen molar-refractivity contribution in [1.82, 2.24) is 25.8 Å². The average molecular weight is 564 g/mol. The number of methoxy groups -OCH3 is 1. The molecule has 0 spiro atoms. The largest absolute Gasteiger partial charge is 0.497 e. The summed E-state index contributed by atoms with van der Waals surface area (Å²) in [6.07, 6.45) is 2.87. The second kappa shape index (κ2) is 14.0. The number of ether oxygens (including phenoxy) is 1. The summed E-state index contributed by atoms with van der Waals surface area (Å²) < 4.78 is 5.40. The number of carbonyl (C=O) groups excluding carboxylic acids is 3. The molecule has 0 saturated carbocycles. The summed E-state index contributed by atoms with van der Waals surface area (Å²) in [5.41, 5.74) is 3.50. The van der Waals surface area contributed by atoms with Gasteiger partial charge < -0.3 is 25.6 Å². The highest BCUT2D eigenvalue weighted by Gasteiger charge is 2.40. The number of rotatable bonds is 10. The molecule has 3 N–H and O–H groups in total. The van der Waals surface area contributed by atoms with Gasteiger partial charge in [-0.05, 0) is 68.0 Å². The quantitative estimate of drug-likeness (QED) is 0.411. The molecule has 1 aliphatic carbocycles.